The summed E-state index contributed by atoms with van der Waals surface area (Å²) >= 11 is 0. The van der Waals surface area contributed by atoms with E-state index < -0.39 is 17.4 Å². The van der Waals surface area contributed by atoms with Gasteiger partial charge in [-0.2, -0.15) is 0 Å². The lowest BCUT2D eigenvalue weighted by Crippen LogP contribution is -2.12. The number of benzene rings is 2. The minimum atomic E-state index is -0.621. The molecule has 110 valence electrons. The van der Waals surface area contributed by atoms with Crippen molar-refractivity contribution in [3.8, 4) is 11.5 Å². The molecule has 0 heterocycles. The quantitative estimate of drug-likeness (QED) is 0.791. The summed E-state index contributed by atoms with van der Waals surface area (Å²) in [7, 11) is 1.34. The maximum atomic E-state index is 13.5. The summed E-state index contributed by atoms with van der Waals surface area (Å²) in [6.07, 6.45) is 0. The Morgan fingerprint density at radius 1 is 1.10 bits per heavy atom. The molecule has 0 aliphatic carbocycles. The van der Waals surface area contributed by atoms with Crippen LogP contribution in [-0.4, -0.2) is 19.5 Å². The zero-order valence-electron chi connectivity index (χ0n) is 11.7. The smallest absolute Gasteiger partial charge is 0.200 e. The van der Waals surface area contributed by atoms with E-state index in [4.69, 9.17) is 9.47 Å². The Hall–Kier alpha value is -2.43. The maximum absolute atomic E-state index is 13.5. The van der Waals surface area contributed by atoms with Crippen LogP contribution in [0.1, 0.15) is 15.9 Å². The first-order chi connectivity index (χ1) is 10.0. The van der Waals surface area contributed by atoms with Crippen LogP contribution in [0.3, 0.4) is 0 Å². The van der Waals surface area contributed by atoms with Crippen molar-refractivity contribution in [2.24, 2.45) is 0 Å². The van der Waals surface area contributed by atoms with Crippen LogP contribution in [0.2, 0.25) is 0 Å². The van der Waals surface area contributed by atoms with Gasteiger partial charge in [-0.05, 0) is 36.8 Å². The molecule has 3 nitrogen and oxygen atoms in total. The van der Waals surface area contributed by atoms with Gasteiger partial charge in [-0.15, -0.1) is 0 Å². The van der Waals surface area contributed by atoms with Crippen molar-refractivity contribution >= 4 is 5.78 Å². The normalized spacial score (nSPS) is 10.3. The van der Waals surface area contributed by atoms with E-state index in [9.17, 15) is 13.6 Å². The van der Waals surface area contributed by atoms with Crippen LogP contribution in [0.25, 0.3) is 0 Å². The third-order valence-corrected chi connectivity index (χ3v) is 2.99. The van der Waals surface area contributed by atoms with Crippen LogP contribution in [0.5, 0.6) is 11.5 Å². The molecule has 0 aliphatic heterocycles. The number of rotatable bonds is 5. The van der Waals surface area contributed by atoms with E-state index in [1.165, 1.54) is 25.3 Å². The van der Waals surface area contributed by atoms with Gasteiger partial charge in [0.2, 0.25) is 0 Å². The number of Topliss-reactive ketones (excluding diaryl/α,β-unsaturated/α-hetero) is 1. The van der Waals surface area contributed by atoms with Gasteiger partial charge in [0.1, 0.15) is 11.6 Å². The highest BCUT2D eigenvalue weighted by atomic mass is 19.1. The van der Waals surface area contributed by atoms with E-state index >= 15 is 0 Å². The van der Waals surface area contributed by atoms with Crippen molar-refractivity contribution in [2.45, 2.75) is 6.92 Å². The maximum Gasteiger partial charge on any atom is 0.200 e. The predicted molar refractivity (Wildman–Crippen MR) is 73.9 cm³/mol. The Morgan fingerprint density at radius 2 is 1.86 bits per heavy atom. The van der Waals surface area contributed by atoms with E-state index in [1.54, 1.807) is 19.1 Å². The average molecular weight is 292 g/mol. The van der Waals surface area contributed by atoms with E-state index in [-0.39, 0.29) is 23.7 Å². The molecule has 0 bridgehead atoms. The van der Waals surface area contributed by atoms with Crippen molar-refractivity contribution in [1.82, 2.24) is 0 Å². The minimum absolute atomic E-state index is 0.0630. The molecule has 0 amide bonds. The van der Waals surface area contributed by atoms with Crippen molar-refractivity contribution in [2.75, 3.05) is 13.7 Å². The van der Waals surface area contributed by atoms with Gasteiger partial charge in [0.05, 0.1) is 7.11 Å². The molecule has 0 unspecified atom stereocenters. The van der Waals surface area contributed by atoms with Crippen LogP contribution < -0.4 is 9.47 Å². The zero-order chi connectivity index (χ0) is 15.4. The van der Waals surface area contributed by atoms with Crippen LogP contribution in [-0.2, 0) is 0 Å². The average Bonchev–Trinajstić information content (AvgIpc) is 2.48. The van der Waals surface area contributed by atoms with E-state index in [0.29, 0.717) is 5.56 Å². The van der Waals surface area contributed by atoms with Gasteiger partial charge in [-0.3, -0.25) is 4.79 Å². The molecule has 0 N–H and O–H groups in total. The molecular formula is C16H14F2O3. The lowest BCUT2D eigenvalue weighted by molar-refractivity contribution is 0.0920. The molecule has 5 heteroatoms. The van der Waals surface area contributed by atoms with Crippen molar-refractivity contribution in [1.29, 1.82) is 0 Å². The zero-order valence-corrected chi connectivity index (χ0v) is 11.7. The highest BCUT2D eigenvalue weighted by Crippen LogP contribution is 2.19. The van der Waals surface area contributed by atoms with Gasteiger partial charge in [0.15, 0.2) is 24.0 Å². The van der Waals surface area contributed by atoms with Gasteiger partial charge in [-0.25, -0.2) is 8.78 Å². The second-order valence-corrected chi connectivity index (χ2v) is 4.47. The van der Waals surface area contributed by atoms with E-state index in [2.05, 4.69) is 0 Å². The molecule has 2 aromatic carbocycles. The number of ether oxygens (including phenoxy) is 2. The second kappa shape index (κ2) is 6.35. The van der Waals surface area contributed by atoms with Crippen molar-refractivity contribution in [3.63, 3.8) is 0 Å². The number of halogens is 2. The van der Waals surface area contributed by atoms with Gasteiger partial charge in [0, 0.05) is 11.6 Å². The second-order valence-electron chi connectivity index (χ2n) is 4.47. The number of hydrogen-bond donors (Lipinski definition) is 0. The molecule has 2 rings (SSSR count). The Labute approximate surface area is 121 Å². The van der Waals surface area contributed by atoms with Gasteiger partial charge in [-0.1, -0.05) is 6.07 Å². The van der Waals surface area contributed by atoms with Crippen LogP contribution in [0.4, 0.5) is 8.78 Å². The molecule has 0 atom stereocenters. The summed E-state index contributed by atoms with van der Waals surface area (Å²) in [6.45, 7) is 1.33. The number of carbonyl (C=O) groups excluding carboxylic acids is 1. The summed E-state index contributed by atoms with van der Waals surface area (Å²) in [4.78, 5) is 11.9. The lowest BCUT2D eigenvalue weighted by atomic mass is 10.1. The molecule has 0 saturated carbocycles. The van der Waals surface area contributed by atoms with Crippen molar-refractivity contribution in [3.05, 3.63) is 59.2 Å². The number of aryl methyl sites for hydroxylation is 1. The summed E-state index contributed by atoms with van der Waals surface area (Å²) in [5.41, 5.74) is 0.659. The SMILES string of the molecule is COc1ccc(C(=O)COc2ccc(C)c(F)c2)cc1F. The minimum Gasteiger partial charge on any atom is -0.494 e. The number of carbonyl (C=O) groups is 1. The van der Waals surface area contributed by atoms with E-state index in [0.717, 1.165) is 6.07 Å². The van der Waals surface area contributed by atoms with E-state index in [1.807, 2.05) is 0 Å². The third kappa shape index (κ3) is 3.56. The Kier molecular flexibility index (Phi) is 4.52. The molecule has 2 aromatic rings. The molecule has 0 saturated heterocycles. The fourth-order valence-corrected chi connectivity index (χ4v) is 1.74. The van der Waals surface area contributed by atoms with Crippen LogP contribution in [0, 0.1) is 18.6 Å². The molecule has 0 aliphatic rings. The molecule has 21 heavy (non-hydrogen) atoms. The van der Waals surface area contributed by atoms with Gasteiger partial charge in [0.25, 0.3) is 0 Å². The van der Waals surface area contributed by atoms with Gasteiger partial charge >= 0.3 is 0 Å². The fraction of sp³-hybridized carbons (Fsp3) is 0.188. The Balaban J connectivity index is 2.04. The third-order valence-electron chi connectivity index (χ3n) is 2.99. The fourth-order valence-electron chi connectivity index (χ4n) is 1.74. The molecule has 0 fully saturated rings. The molecule has 0 spiro atoms. The molecular weight excluding hydrogens is 278 g/mol. The first-order valence-electron chi connectivity index (χ1n) is 6.27. The summed E-state index contributed by atoms with van der Waals surface area (Å²) in [5.74, 6) is -1.12. The Bertz CT molecular complexity index is 669. The molecule has 0 aromatic heterocycles. The van der Waals surface area contributed by atoms with Crippen molar-refractivity contribution < 1.29 is 23.0 Å². The summed E-state index contributed by atoms with van der Waals surface area (Å²) in [5, 5.41) is 0. The highest BCUT2D eigenvalue weighted by molar-refractivity contribution is 5.97. The number of hydrogen-bond acceptors (Lipinski definition) is 3. The standard InChI is InChI=1S/C16H14F2O3/c1-10-3-5-12(8-13(10)17)21-9-15(19)11-4-6-16(20-2)14(18)7-11/h3-8H,9H2,1-2H3. The largest absolute Gasteiger partial charge is 0.494 e. The van der Waals surface area contributed by atoms with Crippen LogP contribution in [0.15, 0.2) is 36.4 Å². The first-order valence-corrected chi connectivity index (χ1v) is 6.27. The highest BCUT2D eigenvalue weighted by Gasteiger charge is 2.11. The predicted octanol–water partition coefficient (Wildman–Crippen LogP) is 3.54. The number of ketones is 1. The summed E-state index contributed by atoms with van der Waals surface area (Å²) < 4.78 is 36.8. The Morgan fingerprint density at radius 3 is 2.48 bits per heavy atom. The monoisotopic (exact) mass is 292 g/mol. The lowest BCUT2D eigenvalue weighted by Gasteiger charge is -2.07. The van der Waals surface area contributed by atoms with Crippen LogP contribution >= 0.6 is 0 Å². The van der Waals surface area contributed by atoms with Gasteiger partial charge < -0.3 is 9.47 Å². The summed E-state index contributed by atoms with van der Waals surface area (Å²) in [6, 6.07) is 8.23. The topological polar surface area (TPSA) is 35.5 Å². The molecule has 0 radical (unpaired) electrons. The number of methoxy groups -OCH3 is 1. The first kappa shape index (κ1) is 15.0.